The van der Waals surface area contributed by atoms with Crippen LogP contribution in [0.2, 0.25) is 0 Å². The zero-order chi connectivity index (χ0) is 21.5. The molecule has 9 nitrogen and oxygen atoms in total. The molecule has 162 valence electrons. The van der Waals surface area contributed by atoms with Crippen LogP contribution in [0.4, 0.5) is 0 Å². The SMILES string of the molecule is NC(N)=NCCC[C@@H](C=O)NC(=O)[C@@H]1CCCN1C(=O)C1NCCc2ccccc21. The molecule has 1 saturated heterocycles. The van der Waals surface area contributed by atoms with E-state index in [-0.39, 0.29) is 17.8 Å². The summed E-state index contributed by atoms with van der Waals surface area (Å²) in [5.41, 5.74) is 12.7. The summed E-state index contributed by atoms with van der Waals surface area (Å²) < 4.78 is 0. The van der Waals surface area contributed by atoms with Crippen molar-refractivity contribution >= 4 is 24.1 Å². The number of rotatable bonds is 8. The molecule has 2 amide bonds. The number of nitrogens with zero attached hydrogens (tertiary/aromatic N) is 2. The Labute approximate surface area is 176 Å². The lowest BCUT2D eigenvalue weighted by atomic mass is 9.93. The van der Waals surface area contributed by atoms with Crippen LogP contribution in [0.3, 0.4) is 0 Å². The number of nitrogens with one attached hydrogen (secondary N) is 2. The molecule has 6 N–H and O–H groups in total. The lowest BCUT2D eigenvalue weighted by Crippen LogP contribution is -2.52. The molecule has 1 aromatic rings. The molecular weight excluding hydrogens is 384 g/mol. The molecule has 2 heterocycles. The van der Waals surface area contributed by atoms with Crippen molar-refractivity contribution in [2.75, 3.05) is 19.6 Å². The second kappa shape index (κ2) is 10.2. The quantitative estimate of drug-likeness (QED) is 0.197. The molecule has 0 radical (unpaired) electrons. The Kier molecular flexibility index (Phi) is 7.40. The largest absolute Gasteiger partial charge is 0.370 e. The van der Waals surface area contributed by atoms with E-state index < -0.39 is 18.1 Å². The lowest BCUT2D eigenvalue weighted by Gasteiger charge is -2.32. The molecule has 0 aliphatic carbocycles. The van der Waals surface area contributed by atoms with E-state index in [1.807, 2.05) is 24.3 Å². The number of aliphatic imine (C=N–C) groups is 1. The molecular formula is C21H30N6O3. The molecule has 3 atom stereocenters. The first-order valence-electron chi connectivity index (χ1n) is 10.4. The summed E-state index contributed by atoms with van der Waals surface area (Å²) >= 11 is 0. The normalized spacial score (nSPS) is 21.4. The third-order valence-electron chi connectivity index (χ3n) is 5.65. The van der Waals surface area contributed by atoms with E-state index >= 15 is 0 Å². The molecule has 2 aliphatic heterocycles. The van der Waals surface area contributed by atoms with Gasteiger partial charge in [0.2, 0.25) is 11.8 Å². The fourth-order valence-corrected chi connectivity index (χ4v) is 4.17. The van der Waals surface area contributed by atoms with E-state index in [1.54, 1.807) is 4.90 Å². The molecule has 0 saturated carbocycles. The number of carbonyl (C=O) groups excluding carboxylic acids is 3. The van der Waals surface area contributed by atoms with Gasteiger partial charge >= 0.3 is 0 Å². The first-order chi connectivity index (χ1) is 14.5. The fourth-order valence-electron chi connectivity index (χ4n) is 4.17. The molecule has 1 fully saturated rings. The van der Waals surface area contributed by atoms with Gasteiger partial charge in [0.15, 0.2) is 5.96 Å². The molecule has 0 bridgehead atoms. The van der Waals surface area contributed by atoms with Gasteiger partial charge in [0.25, 0.3) is 0 Å². The Bertz CT molecular complexity index is 808. The molecule has 0 aromatic heterocycles. The van der Waals surface area contributed by atoms with E-state index in [0.717, 1.165) is 30.5 Å². The van der Waals surface area contributed by atoms with Gasteiger partial charge in [-0.05, 0) is 43.2 Å². The summed E-state index contributed by atoms with van der Waals surface area (Å²) in [6.45, 7) is 1.65. The van der Waals surface area contributed by atoms with E-state index in [1.165, 1.54) is 0 Å². The topological polar surface area (TPSA) is 143 Å². The predicted octanol–water partition coefficient (Wildman–Crippen LogP) is -0.398. The number of fused-ring (bicyclic) bond motifs is 1. The van der Waals surface area contributed by atoms with Crippen molar-refractivity contribution in [1.82, 2.24) is 15.5 Å². The van der Waals surface area contributed by atoms with Crippen molar-refractivity contribution in [2.45, 2.75) is 50.2 Å². The molecule has 3 rings (SSSR count). The van der Waals surface area contributed by atoms with Crippen molar-refractivity contribution in [2.24, 2.45) is 16.5 Å². The van der Waals surface area contributed by atoms with E-state index in [9.17, 15) is 14.4 Å². The number of guanidine groups is 1. The maximum absolute atomic E-state index is 13.3. The number of hydrogen-bond acceptors (Lipinski definition) is 5. The van der Waals surface area contributed by atoms with Gasteiger partial charge in [-0.2, -0.15) is 0 Å². The van der Waals surface area contributed by atoms with Gasteiger partial charge < -0.3 is 31.8 Å². The number of carbonyl (C=O) groups is 3. The highest BCUT2D eigenvalue weighted by Gasteiger charge is 2.39. The Balaban J connectivity index is 1.62. The highest BCUT2D eigenvalue weighted by Crippen LogP contribution is 2.28. The highest BCUT2D eigenvalue weighted by atomic mass is 16.2. The van der Waals surface area contributed by atoms with Crippen LogP contribution >= 0.6 is 0 Å². The average molecular weight is 415 g/mol. The molecule has 1 unspecified atom stereocenters. The van der Waals surface area contributed by atoms with Crippen molar-refractivity contribution < 1.29 is 14.4 Å². The van der Waals surface area contributed by atoms with Gasteiger partial charge in [-0.3, -0.25) is 14.6 Å². The Morgan fingerprint density at radius 1 is 1.33 bits per heavy atom. The number of nitrogens with two attached hydrogens (primary N) is 2. The van der Waals surface area contributed by atoms with Crippen molar-refractivity contribution in [1.29, 1.82) is 0 Å². The van der Waals surface area contributed by atoms with Gasteiger partial charge in [0, 0.05) is 19.6 Å². The second-order valence-electron chi connectivity index (χ2n) is 7.73. The number of likely N-dealkylation sites (tertiary alicyclic amines) is 1. The van der Waals surface area contributed by atoms with Gasteiger partial charge in [0.05, 0.1) is 6.04 Å². The van der Waals surface area contributed by atoms with Gasteiger partial charge in [-0.1, -0.05) is 24.3 Å². The standard InChI is InChI=1S/C21H30N6O3/c22-21(23)25-10-3-6-15(13-28)26-19(29)17-8-4-12-27(17)20(30)18-16-7-2-1-5-14(16)9-11-24-18/h1-2,5,7,13,15,17-18,24H,3-4,6,8-12H2,(H,26,29)(H4,22,23,25)/t15-,17-,18?/m0/s1. The summed E-state index contributed by atoms with van der Waals surface area (Å²) in [4.78, 5) is 43.0. The van der Waals surface area contributed by atoms with E-state index in [4.69, 9.17) is 11.5 Å². The third kappa shape index (κ3) is 5.15. The van der Waals surface area contributed by atoms with Crippen LogP contribution < -0.4 is 22.1 Å². The first-order valence-corrected chi connectivity index (χ1v) is 10.4. The Hall–Kier alpha value is -2.94. The van der Waals surface area contributed by atoms with Gasteiger partial charge in [-0.25, -0.2) is 0 Å². The van der Waals surface area contributed by atoms with Gasteiger partial charge in [0.1, 0.15) is 18.4 Å². The summed E-state index contributed by atoms with van der Waals surface area (Å²) in [6.07, 6.45) is 3.94. The van der Waals surface area contributed by atoms with Crippen molar-refractivity contribution in [3.8, 4) is 0 Å². The van der Waals surface area contributed by atoms with Gasteiger partial charge in [-0.15, -0.1) is 0 Å². The molecule has 2 aliphatic rings. The Morgan fingerprint density at radius 3 is 2.90 bits per heavy atom. The number of benzene rings is 1. The lowest BCUT2D eigenvalue weighted by molar-refractivity contribution is -0.140. The number of hydrogen-bond donors (Lipinski definition) is 4. The van der Waals surface area contributed by atoms with E-state index in [0.29, 0.717) is 38.6 Å². The monoisotopic (exact) mass is 414 g/mol. The Morgan fingerprint density at radius 2 is 2.13 bits per heavy atom. The highest BCUT2D eigenvalue weighted by molar-refractivity contribution is 5.92. The summed E-state index contributed by atoms with van der Waals surface area (Å²) in [5.74, 6) is -0.376. The third-order valence-corrected chi connectivity index (χ3v) is 5.65. The van der Waals surface area contributed by atoms with E-state index in [2.05, 4.69) is 15.6 Å². The van der Waals surface area contributed by atoms with Crippen LogP contribution in [0.5, 0.6) is 0 Å². The minimum absolute atomic E-state index is 0.000283. The molecule has 0 spiro atoms. The van der Waals surface area contributed by atoms with Crippen LogP contribution in [0.25, 0.3) is 0 Å². The summed E-state index contributed by atoms with van der Waals surface area (Å²) in [5, 5.41) is 6.07. The van der Waals surface area contributed by atoms with Crippen molar-refractivity contribution in [3.05, 3.63) is 35.4 Å². The van der Waals surface area contributed by atoms with Crippen LogP contribution in [0.15, 0.2) is 29.3 Å². The number of aldehydes is 1. The maximum Gasteiger partial charge on any atom is 0.245 e. The second-order valence-corrected chi connectivity index (χ2v) is 7.73. The number of amides is 2. The smallest absolute Gasteiger partial charge is 0.245 e. The zero-order valence-corrected chi connectivity index (χ0v) is 17.0. The zero-order valence-electron chi connectivity index (χ0n) is 17.0. The minimum atomic E-state index is -0.627. The maximum atomic E-state index is 13.3. The van der Waals surface area contributed by atoms with Crippen LogP contribution in [0, 0.1) is 0 Å². The predicted molar refractivity (Wildman–Crippen MR) is 114 cm³/mol. The minimum Gasteiger partial charge on any atom is -0.370 e. The van der Waals surface area contributed by atoms with Crippen LogP contribution in [-0.2, 0) is 20.8 Å². The average Bonchev–Trinajstić information content (AvgIpc) is 3.24. The van der Waals surface area contributed by atoms with Crippen molar-refractivity contribution in [3.63, 3.8) is 0 Å². The van der Waals surface area contributed by atoms with Crippen LogP contribution in [-0.4, -0.2) is 60.7 Å². The summed E-state index contributed by atoms with van der Waals surface area (Å²) in [6, 6.07) is 6.29. The van der Waals surface area contributed by atoms with Crippen LogP contribution in [0.1, 0.15) is 42.9 Å². The first kappa shape index (κ1) is 21.8. The molecule has 9 heteroatoms. The molecule has 30 heavy (non-hydrogen) atoms. The summed E-state index contributed by atoms with van der Waals surface area (Å²) in [7, 11) is 0. The fraction of sp³-hybridized carbons (Fsp3) is 0.524. The molecule has 1 aromatic carbocycles.